The highest BCUT2D eigenvalue weighted by Gasteiger charge is 2.65. The Balaban J connectivity index is 1.91. The summed E-state index contributed by atoms with van der Waals surface area (Å²) in [6.07, 6.45) is 9.99. The molecule has 0 amide bonds. The van der Waals surface area contributed by atoms with E-state index in [1.807, 2.05) is 0 Å². The van der Waals surface area contributed by atoms with E-state index < -0.39 is 0 Å². The maximum atomic E-state index is 11.1. The summed E-state index contributed by atoms with van der Waals surface area (Å²) in [7, 11) is 0. The average molecular weight is 236 g/mol. The highest BCUT2D eigenvalue weighted by atomic mass is 16.3. The Morgan fingerprint density at radius 3 is 2.06 bits per heavy atom. The molecule has 0 aliphatic heterocycles. The molecule has 3 atom stereocenters. The van der Waals surface area contributed by atoms with E-state index in [2.05, 4.69) is 20.8 Å². The Morgan fingerprint density at radius 2 is 1.59 bits per heavy atom. The van der Waals surface area contributed by atoms with Gasteiger partial charge in [0.1, 0.15) is 0 Å². The zero-order chi connectivity index (χ0) is 12.3. The molecule has 1 heteroatoms. The molecular weight excluding hydrogens is 208 g/mol. The normalized spacial score (nSPS) is 47.3. The van der Waals surface area contributed by atoms with Crippen molar-refractivity contribution in [1.82, 2.24) is 0 Å². The van der Waals surface area contributed by atoms with E-state index in [1.54, 1.807) is 0 Å². The minimum Gasteiger partial charge on any atom is -0.390 e. The number of hydrogen-bond acceptors (Lipinski definition) is 1. The van der Waals surface area contributed by atoms with Crippen molar-refractivity contribution in [3.05, 3.63) is 0 Å². The van der Waals surface area contributed by atoms with Crippen molar-refractivity contribution < 1.29 is 5.11 Å². The summed E-state index contributed by atoms with van der Waals surface area (Å²) in [5.74, 6) is 1.44. The van der Waals surface area contributed by atoms with Crippen molar-refractivity contribution in [1.29, 1.82) is 0 Å². The fraction of sp³-hybridized carbons (Fsp3) is 1.00. The molecule has 0 spiro atoms. The Morgan fingerprint density at radius 1 is 0.941 bits per heavy atom. The number of rotatable bonds is 1. The Labute approximate surface area is 106 Å². The van der Waals surface area contributed by atoms with Gasteiger partial charge in [-0.1, -0.05) is 40.0 Å². The van der Waals surface area contributed by atoms with E-state index in [0.29, 0.717) is 16.7 Å². The third-order valence-corrected chi connectivity index (χ3v) is 7.16. The van der Waals surface area contributed by atoms with Gasteiger partial charge in [-0.05, 0) is 54.8 Å². The van der Waals surface area contributed by atoms with Crippen LogP contribution in [0.2, 0.25) is 0 Å². The lowest BCUT2D eigenvalue weighted by atomic mass is 9.59. The molecule has 2 bridgehead atoms. The predicted molar refractivity (Wildman–Crippen MR) is 70.8 cm³/mol. The van der Waals surface area contributed by atoms with Crippen LogP contribution in [0.25, 0.3) is 0 Å². The fourth-order valence-corrected chi connectivity index (χ4v) is 5.53. The summed E-state index contributed by atoms with van der Waals surface area (Å²) in [6, 6.07) is 0. The van der Waals surface area contributed by atoms with Crippen LogP contribution >= 0.6 is 0 Å². The van der Waals surface area contributed by atoms with Gasteiger partial charge in [0.05, 0.1) is 5.60 Å². The quantitative estimate of drug-likeness (QED) is 0.725. The second-order valence-electron chi connectivity index (χ2n) is 7.83. The van der Waals surface area contributed by atoms with Gasteiger partial charge in [0.25, 0.3) is 0 Å². The number of fused-ring (bicyclic) bond motifs is 2. The van der Waals surface area contributed by atoms with Gasteiger partial charge in [-0.2, -0.15) is 0 Å². The first-order valence-corrected chi connectivity index (χ1v) is 7.63. The van der Waals surface area contributed by atoms with Crippen LogP contribution < -0.4 is 0 Å². The molecule has 0 saturated heterocycles. The molecular formula is C16H28O. The molecule has 3 saturated carbocycles. The summed E-state index contributed by atoms with van der Waals surface area (Å²) < 4.78 is 0. The molecule has 1 N–H and O–H groups in total. The highest BCUT2D eigenvalue weighted by molar-refractivity contribution is 5.14. The molecule has 3 fully saturated rings. The molecule has 3 aliphatic rings. The molecule has 1 nitrogen and oxygen atoms in total. The summed E-state index contributed by atoms with van der Waals surface area (Å²) >= 11 is 0. The zero-order valence-electron chi connectivity index (χ0n) is 11.8. The third-order valence-electron chi connectivity index (χ3n) is 7.16. The van der Waals surface area contributed by atoms with Crippen molar-refractivity contribution in [2.75, 3.05) is 0 Å². The van der Waals surface area contributed by atoms with Crippen LogP contribution in [0, 0.1) is 22.7 Å². The lowest BCUT2D eigenvalue weighted by Gasteiger charge is -2.48. The first kappa shape index (κ1) is 12.0. The van der Waals surface area contributed by atoms with Crippen LogP contribution in [0.15, 0.2) is 0 Å². The van der Waals surface area contributed by atoms with Crippen LogP contribution in [0.1, 0.15) is 72.1 Å². The van der Waals surface area contributed by atoms with Crippen LogP contribution in [-0.4, -0.2) is 10.7 Å². The maximum absolute atomic E-state index is 11.1. The van der Waals surface area contributed by atoms with E-state index in [1.165, 1.54) is 38.5 Å². The summed E-state index contributed by atoms with van der Waals surface area (Å²) in [5.41, 5.74) is 0.522. The molecule has 0 aromatic rings. The molecule has 3 rings (SSSR count). The molecule has 98 valence electrons. The molecule has 0 aromatic carbocycles. The van der Waals surface area contributed by atoms with E-state index >= 15 is 0 Å². The third kappa shape index (κ3) is 1.41. The van der Waals surface area contributed by atoms with E-state index in [4.69, 9.17) is 0 Å². The van der Waals surface area contributed by atoms with Crippen molar-refractivity contribution in [3.63, 3.8) is 0 Å². The first-order valence-electron chi connectivity index (χ1n) is 7.63. The fourth-order valence-electron chi connectivity index (χ4n) is 5.53. The minimum atomic E-state index is -0.320. The predicted octanol–water partition coefficient (Wildman–Crippen LogP) is 4.14. The first-order chi connectivity index (χ1) is 7.90. The van der Waals surface area contributed by atoms with Gasteiger partial charge in [0.15, 0.2) is 0 Å². The number of aliphatic hydroxyl groups is 1. The van der Waals surface area contributed by atoms with Crippen molar-refractivity contribution >= 4 is 0 Å². The molecule has 0 heterocycles. The lowest BCUT2D eigenvalue weighted by Crippen LogP contribution is -2.48. The van der Waals surface area contributed by atoms with E-state index in [9.17, 15) is 5.11 Å². The minimum absolute atomic E-state index is 0.320. The second kappa shape index (κ2) is 3.50. The smallest absolute Gasteiger partial charge is 0.0681 e. The van der Waals surface area contributed by atoms with Gasteiger partial charge in [0, 0.05) is 0 Å². The lowest BCUT2D eigenvalue weighted by molar-refractivity contribution is -0.102. The Hall–Kier alpha value is -0.0400. The van der Waals surface area contributed by atoms with Crippen LogP contribution in [0.3, 0.4) is 0 Å². The van der Waals surface area contributed by atoms with Crippen LogP contribution in [0.5, 0.6) is 0 Å². The molecule has 17 heavy (non-hydrogen) atoms. The second-order valence-corrected chi connectivity index (χ2v) is 7.83. The Kier molecular flexibility index (Phi) is 2.47. The van der Waals surface area contributed by atoms with Crippen LogP contribution in [-0.2, 0) is 0 Å². The van der Waals surface area contributed by atoms with Crippen molar-refractivity contribution in [3.8, 4) is 0 Å². The maximum Gasteiger partial charge on any atom is 0.0681 e. The SMILES string of the molecule is CC1(C)[C@H]2CC[C@@]1(C)[C@@H](C1(O)CCCCC1)C2. The van der Waals surface area contributed by atoms with E-state index in [-0.39, 0.29) is 5.60 Å². The van der Waals surface area contributed by atoms with Crippen LogP contribution in [0.4, 0.5) is 0 Å². The van der Waals surface area contributed by atoms with Gasteiger partial charge in [0.2, 0.25) is 0 Å². The highest BCUT2D eigenvalue weighted by Crippen LogP contribution is 2.71. The molecule has 3 aliphatic carbocycles. The monoisotopic (exact) mass is 236 g/mol. The van der Waals surface area contributed by atoms with E-state index in [0.717, 1.165) is 18.8 Å². The molecule has 0 aromatic heterocycles. The van der Waals surface area contributed by atoms with Gasteiger partial charge in [-0.25, -0.2) is 0 Å². The van der Waals surface area contributed by atoms with Crippen molar-refractivity contribution in [2.45, 2.75) is 77.7 Å². The average Bonchev–Trinajstić information content (AvgIpc) is 2.62. The topological polar surface area (TPSA) is 20.2 Å². The summed E-state index contributed by atoms with van der Waals surface area (Å²) in [5, 5.41) is 11.1. The number of hydrogen-bond donors (Lipinski definition) is 1. The largest absolute Gasteiger partial charge is 0.390 e. The summed E-state index contributed by atoms with van der Waals surface area (Å²) in [4.78, 5) is 0. The molecule has 0 radical (unpaired) electrons. The zero-order valence-corrected chi connectivity index (χ0v) is 11.8. The van der Waals surface area contributed by atoms with Gasteiger partial charge >= 0.3 is 0 Å². The van der Waals surface area contributed by atoms with Gasteiger partial charge in [-0.3, -0.25) is 0 Å². The Bertz CT molecular complexity index is 313. The van der Waals surface area contributed by atoms with Gasteiger partial charge in [-0.15, -0.1) is 0 Å². The molecule has 0 unspecified atom stereocenters. The van der Waals surface area contributed by atoms with Gasteiger partial charge < -0.3 is 5.11 Å². The standard InChI is InChI=1S/C16H28O/c1-14(2)12-7-10-15(14,3)13(11-12)16(17)8-5-4-6-9-16/h12-13,17H,4-11H2,1-3H3/t12-,13-,15-/m0/s1. The van der Waals surface area contributed by atoms with Crippen molar-refractivity contribution in [2.24, 2.45) is 22.7 Å². The summed E-state index contributed by atoms with van der Waals surface area (Å²) in [6.45, 7) is 7.38.